The van der Waals surface area contributed by atoms with Crippen molar-refractivity contribution >= 4 is 27.0 Å². The molecule has 1 aromatic carbocycles. The van der Waals surface area contributed by atoms with Gasteiger partial charge in [-0.3, -0.25) is 0 Å². The van der Waals surface area contributed by atoms with E-state index in [0.717, 1.165) is 5.56 Å². The Hall–Kier alpha value is -1.95. The Kier molecular flexibility index (Phi) is 3.16. The summed E-state index contributed by atoms with van der Waals surface area (Å²) in [5.74, 6) is 0.206. The zero-order valence-electron chi connectivity index (χ0n) is 9.73. The first-order valence-electron chi connectivity index (χ1n) is 5.61. The quantitative estimate of drug-likeness (QED) is 0.752. The van der Waals surface area contributed by atoms with E-state index in [4.69, 9.17) is 4.74 Å². The summed E-state index contributed by atoms with van der Waals surface area (Å²) in [6.07, 6.45) is 0.865. The van der Waals surface area contributed by atoms with E-state index in [9.17, 15) is 4.39 Å². The van der Waals surface area contributed by atoms with Gasteiger partial charge in [-0.2, -0.15) is 14.4 Å². The van der Waals surface area contributed by atoms with E-state index in [1.54, 1.807) is 6.20 Å². The minimum Gasteiger partial charge on any atom is -0.471 e. The van der Waals surface area contributed by atoms with Crippen LogP contribution in [-0.4, -0.2) is 15.0 Å². The smallest absolute Gasteiger partial charge is 0.312 e. The predicted octanol–water partition coefficient (Wildman–Crippen LogP) is 3.44. The highest BCUT2D eigenvalue weighted by Crippen LogP contribution is 2.27. The van der Waals surface area contributed by atoms with Crippen molar-refractivity contribution in [1.29, 1.82) is 0 Å². The van der Waals surface area contributed by atoms with Gasteiger partial charge in [0.15, 0.2) is 0 Å². The summed E-state index contributed by atoms with van der Waals surface area (Å²) >= 11 is 3.29. The third-order valence-electron chi connectivity index (χ3n) is 2.64. The van der Waals surface area contributed by atoms with Gasteiger partial charge in [0.1, 0.15) is 17.6 Å². The summed E-state index contributed by atoms with van der Waals surface area (Å²) in [6, 6.07) is 9.62. The maximum absolute atomic E-state index is 13.3. The molecule has 0 spiro atoms. The molecule has 0 radical (unpaired) electrons. The Balaban J connectivity index is 1.92. The van der Waals surface area contributed by atoms with Crippen LogP contribution in [0.2, 0.25) is 0 Å². The average molecular weight is 322 g/mol. The third-order valence-corrected chi connectivity index (χ3v) is 3.24. The normalized spacial score (nSPS) is 10.8. The van der Waals surface area contributed by atoms with E-state index in [1.165, 1.54) is 0 Å². The molecular weight excluding hydrogens is 313 g/mol. The van der Waals surface area contributed by atoms with E-state index in [-0.39, 0.29) is 5.88 Å². The van der Waals surface area contributed by atoms with Crippen molar-refractivity contribution in [2.45, 2.75) is 6.61 Å². The molecule has 0 atom stereocenters. The van der Waals surface area contributed by atoms with Gasteiger partial charge in [-0.25, -0.2) is 0 Å². The molecule has 19 heavy (non-hydrogen) atoms. The van der Waals surface area contributed by atoms with Gasteiger partial charge in [-0.15, -0.1) is 0 Å². The zero-order chi connectivity index (χ0) is 13.2. The summed E-state index contributed by atoms with van der Waals surface area (Å²) in [7, 11) is 0. The number of nitrogens with one attached hydrogen (secondary N) is 1. The molecule has 4 nitrogen and oxygen atoms in total. The first kappa shape index (κ1) is 12.1. The van der Waals surface area contributed by atoms with Crippen molar-refractivity contribution in [1.82, 2.24) is 15.0 Å². The number of benzene rings is 1. The minimum atomic E-state index is -0.809. The number of H-pyrrole nitrogens is 1. The molecule has 0 aliphatic heterocycles. The molecule has 0 unspecified atom stereocenters. The Morgan fingerprint density at radius 3 is 2.79 bits per heavy atom. The van der Waals surface area contributed by atoms with Crippen LogP contribution in [0, 0.1) is 6.08 Å². The second-order valence-corrected chi connectivity index (χ2v) is 4.79. The van der Waals surface area contributed by atoms with Gasteiger partial charge in [0.25, 0.3) is 0 Å². The van der Waals surface area contributed by atoms with Crippen LogP contribution >= 0.6 is 15.9 Å². The summed E-state index contributed by atoms with van der Waals surface area (Å²) < 4.78 is 19.6. The molecule has 0 fully saturated rings. The SMILES string of the molecule is Fc1nc(OCc2ccccc2)c2[nH]cc(Br)c2n1. The molecule has 0 bridgehead atoms. The van der Waals surface area contributed by atoms with Crippen LogP contribution in [-0.2, 0) is 6.61 Å². The second kappa shape index (κ2) is 4.97. The highest BCUT2D eigenvalue weighted by molar-refractivity contribution is 9.10. The van der Waals surface area contributed by atoms with E-state index < -0.39 is 6.08 Å². The van der Waals surface area contributed by atoms with Crippen LogP contribution in [0.25, 0.3) is 11.0 Å². The molecule has 2 aromatic heterocycles. The summed E-state index contributed by atoms with van der Waals surface area (Å²) in [5.41, 5.74) is 2.03. The van der Waals surface area contributed by atoms with Crippen LogP contribution in [0.4, 0.5) is 4.39 Å². The highest BCUT2D eigenvalue weighted by Gasteiger charge is 2.13. The van der Waals surface area contributed by atoms with E-state index >= 15 is 0 Å². The lowest BCUT2D eigenvalue weighted by Gasteiger charge is -2.06. The van der Waals surface area contributed by atoms with Crippen LogP contribution in [0.3, 0.4) is 0 Å². The first-order valence-corrected chi connectivity index (χ1v) is 6.40. The summed E-state index contributed by atoms with van der Waals surface area (Å²) in [6.45, 7) is 0.322. The molecule has 2 heterocycles. The fourth-order valence-corrected chi connectivity index (χ4v) is 2.15. The molecule has 0 saturated heterocycles. The van der Waals surface area contributed by atoms with Crippen molar-refractivity contribution in [3.63, 3.8) is 0 Å². The van der Waals surface area contributed by atoms with Gasteiger partial charge in [-0.05, 0) is 21.5 Å². The number of hydrogen-bond donors (Lipinski definition) is 1. The molecule has 0 amide bonds. The lowest BCUT2D eigenvalue weighted by atomic mass is 10.2. The van der Waals surface area contributed by atoms with Gasteiger partial charge in [0.2, 0.25) is 5.88 Å². The van der Waals surface area contributed by atoms with Gasteiger partial charge in [0.05, 0.1) is 4.47 Å². The van der Waals surface area contributed by atoms with Crippen LogP contribution in [0.15, 0.2) is 41.0 Å². The number of nitrogens with zero attached hydrogens (tertiary/aromatic N) is 2. The number of rotatable bonds is 3. The van der Waals surface area contributed by atoms with Crippen LogP contribution in [0.1, 0.15) is 5.56 Å². The van der Waals surface area contributed by atoms with Crippen molar-refractivity contribution in [2.24, 2.45) is 0 Å². The number of halogens is 2. The Morgan fingerprint density at radius 2 is 2.00 bits per heavy atom. The molecule has 0 aliphatic rings. The highest BCUT2D eigenvalue weighted by atomic mass is 79.9. The second-order valence-electron chi connectivity index (χ2n) is 3.93. The number of aromatic nitrogens is 3. The van der Waals surface area contributed by atoms with Gasteiger partial charge in [0, 0.05) is 6.20 Å². The van der Waals surface area contributed by atoms with E-state index in [2.05, 4.69) is 30.9 Å². The van der Waals surface area contributed by atoms with Crippen molar-refractivity contribution in [2.75, 3.05) is 0 Å². The first-order chi connectivity index (χ1) is 9.24. The summed E-state index contributed by atoms with van der Waals surface area (Å²) in [4.78, 5) is 10.3. The third kappa shape index (κ3) is 2.44. The van der Waals surface area contributed by atoms with Crippen LogP contribution < -0.4 is 4.74 Å². The van der Waals surface area contributed by atoms with E-state index in [0.29, 0.717) is 22.1 Å². The largest absolute Gasteiger partial charge is 0.471 e. The van der Waals surface area contributed by atoms with Gasteiger partial charge >= 0.3 is 6.08 Å². The minimum absolute atomic E-state index is 0.206. The van der Waals surface area contributed by atoms with Gasteiger partial charge < -0.3 is 9.72 Å². The molecule has 3 aromatic rings. The number of ether oxygens (including phenoxy) is 1. The maximum Gasteiger partial charge on any atom is 0.312 e. The fourth-order valence-electron chi connectivity index (χ4n) is 1.75. The van der Waals surface area contributed by atoms with Crippen molar-refractivity contribution < 1.29 is 9.13 Å². The molecule has 0 aliphatic carbocycles. The molecule has 6 heteroatoms. The topological polar surface area (TPSA) is 50.8 Å². The van der Waals surface area contributed by atoms with Gasteiger partial charge in [-0.1, -0.05) is 30.3 Å². The summed E-state index contributed by atoms with van der Waals surface area (Å²) in [5, 5.41) is 0. The molecular formula is C13H9BrFN3O. The molecule has 96 valence electrons. The number of fused-ring (bicyclic) bond motifs is 1. The monoisotopic (exact) mass is 321 g/mol. The Bertz CT molecular complexity index is 714. The molecule has 0 saturated carbocycles. The predicted molar refractivity (Wildman–Crippen MR) is 72.3 cm³/mol. The van der Waals surface area contributed by atoms with Crippen molar-refractivity contribution in [3.05, 3.63) is 52.6 Å². The number of aromatic amines is 1. The lowest BCUT2D eigenvalue weighted by molar-refractivity contribution is 0.291. The standard InChI is InChI=1S/C13H9BrFN3O/c14-9-6-16-11-10(9)17-13(15)18-12(11)19-7-8-4-2-1-3-5-8/h1-6,16H,7H2. The van der Waals surface area contributed by atoms with Crippen LogP contribution in [0.5, 0.6) is 5.88 Å². The Morgan fingerprint density at radius 1 is 1.21 bits per heavy atom. The fraction of sp³-hybridized carbons (Fsp3) is 0.0769. The van der Waals surface area contributed by atoms with E-state index in [1.807, 2.05) is 30.3 Å². The maximum atomic E-state index is 13.3. The van der Waals surface area contributed by atoms with Crippen molar-refractivity contribution in [3.8, 4) is 5.88 Å². The molecule has 1 N–H and O–H groups in total. The lowest BCUT2D eigenvalue weighted by Crippen LogP contribution is -2.00. The number of hydrogen-bond acceptors (Lipinski definition) is 3. The molecule has 3 rings (SSSR count). The zero-order valence-corrected chi connectivity index (χ0v) is 11.3. The Labute approximate surface area is 116 Å². The average Bonchev–Trinajstić information content (AvgIpc) is 2.79.